The summed E-state index contributed by atoms with van der Waals surface area (Å²) in [6.45, 7) is 6.95. The minimum Gasteiger partial charge on any atom is -0.304 e. The topological polar surface area (TPSA) is 16.1 Å². The van der Waals surface area contributed by atoms with Crippen LogP contribution in [0.25, 0.3) is 0 Å². The van der Waals surface area contributed by atoms with Gasteiger partial charge in [0.1, 0.15) is 0 Å². The Morgan fingerprint density at radius 1 is 1.27 bits per heavy atom. The summed E-state index contributed by atoms with van der Waals surface area (Å²) in [5.41, 5.74) is 2.27. The van der Waals surface area contributed by atoms with E-state index >= 15 is 0 Å². The molecule has 0 bridgehead atoms. The summed E-state index contributed by atoms with van der Waals surface area (Å²) < 4.78 is 0. The standard InChI is InChI=1S/C10H16N2S.C2H6/c1-8-5-6-10(13-4)9(11-8)7-12(2)3;1-2/h5-6H,7H2,1-4H3;1-2H3. The zero-order chi connectivity index (χ0) is 11.8. The van der Waals surface area contributed by atoms with Gasteiger partial charge in [-0.2, -0.15) is 0 Å². The van der Waals surface area contributed by atoms with Gasteiger partial charge in [-0.1, -0.05) is 13.8 Å². The van der Waals surface area contributed by atoms with Crippen LogP contribution >= 0.6 is 11.8 Å². The molecule has 1 aromatic rings. The number of hydrogen-bond acceptors (Lipinski definition) is 3. The van der Waals surface area contributed by atoms with Crippen LogP contribution in [0.3, 0.4) is 0 Å². The third-order valence-corrected chi connectivity index (χ3v) is 2.57. The van der Waals surface area contributed by atoms with E-state index in [2.05, 4.69) is 42.4 Å². The molecule has 0 atom stereocenters. The van der Waals surface area contributed by atoms with E-state index in [-0.39, 0.29) is 0 Å². The van der Waals surface area contributed by atoms with Crippen molar-refractivity contribution in [2.45, 2.75) is 32.2 Å². The Morgan fingerprint density at radius 2 is 1.87 bits per heavy atom. The van der Waals surface area contributed by atoms with Crippen LogP contribution in [0.1, 0.15) is 25.2 Å². The predicted molar refractivity (Wildman–Crippen MR) is 69.5 cm³/mol. The van der Waals surface area contributed by atoms with Gasteiger partial charge in [0.05, 0.1) is 5.69 Å². The number of pyridine rings is 1. The molecular formula is C12H22N2S. The average Bonchev–Trinajstić information content (AvgIpc) is 2.20. The number of hydrogen-bond donors (Lipinski definition) is 0. The van der Waals surface area contributed by atoms with Crippen molar-refractivity contribution >= 4 is 11.8 Å². The lowest BCUT2D eigenvalue weighted by Gasteiger charge is -2.12. The van der Waals surface area contributed by atoms with Gasteiger partial charge in [-0.25, -0.2) is 0 Å². The van der Waals surface area contributed by atoms with Crippen molar-refractivity contribution in [2.75, 3.05) is 20.4 Å². The summed E-state index contributed by atoms with van der Waals surface area (Å²) in [7, 11) is 4.13. The second-order valence-corrected chi connectivity index (χ2v) is 4.19. The van der Waals surface area contributed by atoms with Gasteiger partial charge in [0.15, 0.2) is 0 Å². The Bertz CT molecular complexity index is 285. The van der Waals surface area contributed by atoms with Gasteiger partial charge in [-0.05, 0) is 39.4 Å². The van der Waals surface area contributed by atoms with Crippen molar-refractivity contribution in [1.29, 1.82) is 0 Å². The summed E-state index contributed by atoms with van der Waals surface area (Å²) in [6, 6.07) is 4.21. The zero-order valence-electron chi connectivity index (χ0n) is 10.7. The fraction of sp³-hybridized carbons (Fsp3) is 0.583. The van der Waals surface area contributed by atoms with Crippen LogP contribution in [0, 0.1) is 6.92 Å². The molecule has 0 N–H and O–H groups in total. The Morgan fingerprint density at radius 3 is 2.33 bits per heavy atom. The first-order chi connectivity index (χ1) is 7.13. The molecule has 0 aliphatic rings. The van der Waals surface area contributed by atoms with Gasteiger partial charge >= 0.3 is 0 Å². The van der Waals surface area contributed by atoms with Crippen molar-refractivity contribution in [1.82, 2.24) is 9.88 Å². The number of thioether (sulfide) groups is 1. The Balaban J connectivity index is 0.000000921. The molecule has 0 saturated heterocycles. The molecule has 0 unspecified atom stereocenters. The maximum atomic E-state index is 4.52. The van der Waals surface area contributed by atoms with Crippen molar-refractivity contribution in [3.63, 3.8) is 0 Å². The van der Waals surface area contributed by atoms with Gasteiger partial charge in [-0.3, -0.25) is 4.98 Å². The van der Waals surface area contributed by atoms with Crippen LogP contribution < -0.4 is 0 Å². The number of rotatable bonds is 3. The van der Waals surface area contributed by atoms with Gasteiger partial charge < -0.3 is 4.90 Å². The van der Waals surface area contributed by atoms with E-state index in [4.69, 9.17) is 0 Å². The minimum atomic E-state index is 0.915. The summed E-state index contributed by atoms with van der Waals surface area (Å²) in [6.07, 6.45) is 2.09. The lowest BCUT2D eigenvalue weighted by atomic mass is 10.3. The van der Waals surface area contributed by atoms with E-state index in [1.807, 2.05) is 20.8 Å². The fourth-order valence-corrected chi connectivity index (χ4v) is 1.75. The summed E-state index contributed by atoms with van der Waals surface area (Å²) in [5, 5.41) is 0. The summed E-state index contributed by atoms with van der Waals surface area (Å²) in [4.78, 5) is 7.94. The van der Waals surface area contributed by atoms with Gasteiger partial charge in [-0.15, -0.1) is 11.8 Å². The Hall–Kier alpha value is -0.540. The maximum absolute atomic E-state index is 4.52. The molecule has 0 aliphatic carbocycles. The SMILES string of the molecule is CC.CSc1ccc(C)nc1CN(C)C. The molecule has 0 aromatic carbocycles. The molecule has 1 heterocycles. The highest BCUT2D eigenvalue weighted by Crippen LogP contribution is 2.19. The molecule has 15 heavy (non-hydrogen) atoms. The van der Waals surface area contributed by atoms with E-state index in [1.54, 1.807) is 11.8 Å². The lowest BCUT2D eigenvalue weighted by Crippen LogP contribution is -2.13. The van der Waals surface area contributed by atoms with Crippen LogP contribution in [-0.4, -0.2) is 30.2 Å². The van der Waals surface area contributed by atoms with Crippen molar-refractivity contribution in [2.24, 2.45) is 0 Å². The Labute approximate surface area is 98.1 Å². The molecule has 1 aromatic heterocycles. The first-order valence-electron chi connectivity index (χ1n) is 5.28. The molecule has 3 heteroatoms. The van der Waals surface area contributed by atoms with E-state index in [1.165, 1.54) is 10.6 Å². The maximum Gasteiger partial charge on any atom is 0.0682 e. The molecule has 0 amide bonds. The molecule has 0 aliphatic heterocycles. The van der Waals surface area contributed by atoms with Crippen molar-refractivity contribution < 1.29 is 0 Å². The highest BCUT2D eigenvalue weighted by atomic mass is 32.2. The number of nitrogens with zero attached hydrogens (tertiary/aromatic N) is 2. The molecule has 86 valence electrons. The first-order valence-corrected chi connectivity index (χ1v) is 6.51. The van der Waals surface area contributed by atoms with E-state index in [0.29, 0.717) is 0 Å². The lowest BCUT2D eigenvalue weighted by molar-refractivity contribution is 0.392. The van der Waals surface area contributed by atoms with Gasteiger partial charge in [0.25, 0.3) is 0 Å². The summed E-state index contributed by atoms with van der Waals surface area (Å²) in [5.74, 6) is 0. The molecule has 0 spiro atoms. The zero-order valence-corrected chi connectivity index (χ0v) is 11.5. The number of aryl methyl sites for hydroxylation is 1. The van der Waals surface area contributed by atoms with E-state index in [9.17, 15) is 0 Å². The van der Waals surface area contributed by atoms with Crippen LogP contribution in [-0.2, 0) is 6.54 Å². The van der Waals surface area contributed by atoms with Crippen LogP contribution in [0.2, 0.25) is 0 Å². The molecule has 0 fully saturated rings. The van der Waals surface area contributed by atoms with E-state index < -0.39 is 0 Å². The quantitative estimate of drug-likeness (QED) is 0.736. The van der Waals surface area contributed by atoms with Crippen LogP contribution in [0.15, 0.2) is 17.0 Å². The second-order valence-electron chi connectivity index (χ2n) is 3.34. The van der Waals surface area contributed by atoms with Gasteiger partial charge in [0, 0.05) is 17.1 Å². The highest BCUT2D eigenvalue weighted by Gasteiger charge is 2.04. The normalized spacial score (nSPS) is 9.80. The van der Waals surface area contributed by atoms with Crippen LogP contribution in [0.4, 0.5) is 0 Å². The fourth-order valence-electron chi connectivity index (χ4n) is 1.20. The first kappa shape index (κ1) is 14.5. The third-order valence-electron chi connectivity index (χ3n) is 1.76. The number of aromatic nitrogens is 1. The van der Waals surface area contributed by atoms with Crippen molar-refractivity contribution in [3.8, 4) is 0 Å². The van der Waals surface area contributed by atoms with E-state index in [0.717, 1.165) is 12.2 Å². The molecule has 2 nitrogen and oxygen atoms in total. The second kappa shape index (κ2) is 7.71. The predicted octanol–water partition coefficient (Wildman–Crippen LogP) is 3.20. The molecule has 0 saturated carbocycles. The Kier molecular flexibility index (Phi) is 7.44. The monoisotopic (exact) mass is 226 g/mol. The van der Waals surface area contributed by atoms with Gasteiger partial charge in [0.2, 0.25) is 0 Å². The smallest absolute Gasteiger partial charge is 0.0682 e. The largest absolute Gasteiger partial charge is 0.304 e. The molecular weight excluding hydrogens is 204 g/mol. The van der Waals surface area contributed by atoms with Crippen molar-refractivity contribution in [3.05, 3.63) is 23.5 Å². The summed E-state index contributed by atoms with van der Waals surface area (Å²) >= 11 is 1.76. The highest BCUT2D eigenvalue weighted by molar-refractivity contribution is 7.98. The third kappa shape index (κ3) is 5.19. The average molecular weight is 226 g/mol. The molecule has 0 radical (unpaired) electrons. The minimum absolute atomic E-state index is 0.915. The molecule has 1 rings (SSSR count). The van der Waals surface area contributed by atoms with Crippen LogP contribution in [0.5, 0.6) is 0 Å².